The average Bonchev–Trinajstić information content (AvgIpc) is 2.49. The Bertz CT molecular complexity index is 641. The maximum Gasteiger partial charge on any atom is 0.249 e. The fraction of sp³-hybridized carbons (Fsp3) is 0.400. The number of benzene rings is 1. The van der Waals surface area contributed by atoms with Gasteiger partial charge >= 0.3 is 0 Å². The van der Waals surface area contributed by atoms with Crippen molar-refractivity contribution in [2.24, 2.45) is 5.92 Å². The topological polar surface area (TPSA) is 75.0 Å². The first kappa shape index (κ1) is 16.1. The van der Waals surface area contributed by atoms with E-state index in [1.807, 2.05) is 6.07 Å². The molecule has 0 amide bonds. The van der Waals surface area contributed by atoms with E-state index in [-0.39, 0.29) is 11.7 Å². The lowest BCUT2D eigenvalue weighted by Crippen LogP contribution is -2.22. The highest BCUT2D eigenvalue weighted by Gasteiger charge is 2.24. The number of hydrogen-bond acceptors (Lipinski definition) is 4. The van der Waals surface area contributed by atoms with Crippen molar-refractivity contribution in [3.63, 3.8) is 0 Å². The van der Waals surface area contributed by atoms with Gasteiger partial charge in [0, 0.05) is 28.6 Å². The van der Waals surface area contributed by atoms with E-state index in [9.17, 15) is 13.8 Å². The fourth-order valence-corrected chi connectivity index (χ4v) is 3.96. The number of carbonyl (C=O) groups excluding carboxylic acids is 2. The molecule has 1 aliphatic rings. The van der Waals surface area contributed by atoms with E-state index >= 15 is 0 Å². The molecular weight excluding hydrogens is 354 g/mol. The molecule has 0 N–H and O–H groups in total. The van der Waals surface area contributed by atoms with E-state index in [4.69, 9.17) is 5.26 Å². The second-order valence-corrected chi connectivity index (χ2v) is 7.34. The van der Waals surface area contributed by atoms with E-state index in [2.05, 4.69) is 15.9 Å². The first-order valence-electron chi connectivity index (χ1n) is 6.65. The number of halogens is 1. The smallest absolute Gasteiger partial charge is 0.249 e. The molecule has 1 aromatic carbocycles. The van der Waals surface area contributed by atoms with Gasteiger partial charge in [0.15, 0.2) is 0 Å². The second-order valence-electron chi connectivity index (χ2n) is 5.09. The standard InChI is InChI=1S/C15H14BrNO3S/c16-14-6-3-11(7-12(14)8-17)15(19)21(20)9-10-1-4-13(18)5-2-10/h3,6-7,10H,1-2,4-5,9H2. The highest BCUT2D eigenvalue weighted by atomic mass is 79.9. The van der Waals surface area contributed by atoms with Crippen molar-refractivity contribution in [3.05, 3.63) is 33.8 Å². The Kier molecular flexibility index (Phi) is 5.43. The van der Waals surface area contributed by atoms with Gasteiger partial charge in [-0.2, -0.15) is 5.26 Å². The summed E-state index contributed by atoms with van der Waals surface area (Å²) in [6.07, 6.45) is 2.46. The van der Waals surface area contributed by atoms with Crippen molar-refractivity contribution in [2.45, 2.75) is 25.7 Å². The molecule has 1 atom stereocenters. The first-order chi connectivity index (χ1) is 10.0. The normalized spacial score (nSPS) is 17.2. The van der Waals surface area contributed by atoms with Crippen LogP contribution in [0.15, 0.2) is 22.7 Å². The molecule has 0 spiro atoms. The molecule has 110 valence electrons. The number of ketones is 1. The molecule has 4 nitrogen and oxygen atoms in total. The van der Waals surface area contributed by atoms with Crippen molar-refractivity contribution in [1.82, 2.24) is 0 Å². The van der Waals surface area contributed by atoms with Crippen LogP contribution in [-0.2, 0) is 15.6 Å². The van der Waals surface area contributed by atoms with Crippen LogP contribution in [0.3, 0.4) is 0 Å². The minimum atomic E-state index is -1.62. The maximum absolute atomic E-state index is 12.2. The number of hydrogen-bond donors (Lipinski definition) is 0. The maximum atomic E-state index is 12.2. The number of nitrogens with zero attached hydrogens (tertiary/aromatic N) is 1. The lowest BCUT2D eigenvalue weighted by atomic mass is 9.90. The summed E-state index contributed by atoms with van der Waals surface area (Å²) in [5, 5.41) is 8.50. The molecule has 1 saturated carbocycles. The molecule has 1 unspecified atom stereocenters. The molecule has 1 aliphatic carbocycles. The third kappa shape index (κ3) is 4.08. The van der Waals surface area contributed by atoms with Crippen LogP contribution in [0.2, 0.25) is 0 Å². The van der Waals surface area contributed by atoms with E-state index < -0.39 is 15.9 Å². The predicted octanol–water partition coefficient (Wildman–Crippen LogP) is 2.97. The SMILES string of the molecule is N#Cc1cc(C(=O)S(=O)CC2CCC(=O)CC2)ccc1Br. The van der Waals surface area contributed by atoms with Gasteiger partial charge < -0.3 is 0 Å². The minimum absolute atomic E-state index is 0.165. The van der Waals surface area contributed by atoms with Crippen LogP contribution in [0.25, 0.3) is 0 Å². The third-order valence-corrected chi connectivity index (χ3v) is 5.69. The summed E-state index contributed by atoms with van der Waals surface area (Å²) in [6, 6.07) is 6.61. The van der Waals surface area contributed by atoms with Gasteiger partial charge in [-0.25, -0.2) is 0 Å². The predicted molar refractivity (Wildman–Crippen MR) is 83.2 cm³/mol. The van der Waals surface area contributed by atoms with Crippen LogP contribution in [0.4, 0.5) is 0 Å². The summed E-state index contributed by atoms with van der Waals surface area (Å²) in [5.41, 5.74) is 0.640. The molecule has 0 heterocycles. The van der Waals surface area contributed by atoms with Crippen LogP contribution in [0.1, 0.15) is 41.6 Å². The van der Waals surface area contributed by atoms with Gasteiger partial charge in [0.1, 0.15) is 11.9 Å². The Balaban J connectivity index is 2.04. The van der Waals surface area contributed by atoms with Crippen molar-refractivity contribution < 1.29 is 13.8 Å². The molecule has 0 aromatic heterocycles. The van der Waals surface area contributed by atoms with Crippen molar-refractivity contribution in [1.29, 1.82) is 5.26 Å². The van der Waals surface area contributed by atoms with Gasteiger partial charge in [0.25, 0.3) is 0 Å². The summed E-state index contributed by atoms with van der Waals surface area (Å²) in [4.78, 5) is 23.3. The largest absolute Gasteiger partial charge is 0.300 e. The van der Waals surface area contributed by atoms with E-state index in [1.54, 1.807) is 12.1 Å². The number of Topliss-reactive ketones (excluding diaryl/α,β-unsaturated/α-hetero) is 1. The molecule has 2 rings (SSSR count). The number of rotatable bonds is 3. The molecule has 1 fully saturated rings. The van der Waals surface area contributed by atoms with Gasteiger partial charge in [0.05, 0.1) is 16.4 Å². The monoisotopic (exact) mass is 367 g/mol. The molecule has 21 heavy (non-hydrogen) atoms. The molecule has 1 aromatic rings. The Morgan fingerprint density at radius 1 is 1.38 bits per heavy atom. The van der Waals surface area contributed by atoms with Crippen LogP contribution in [0, 0.1) is 17.2 Å². The fourth-order valence-electron chi connectivity index (χ4n) is 2.33. The quantitative estimate of drug-likeness (QED) is 0.822. The number of carbonyl (C=O) groups is 2. The lowest BCUT2D eigenvalue weighted by Gasteiger charge is -2.19. The van der Waals surface area contributed by atoms with Crippen molar-refractivity contribution in [3.8, 4) is 6.07 Å². The molecule has 0 saturated heterocycles. The van der Waals surface area contributed by atoms with Crippen molar-refractivity contribution >= 4 is 37.6 Å². The van der Waals surface area contributed by atoms with Crippen LogP contribution >= 0.6 is 15.9 Å². The Hall–Kier alpha value is -1.32. The van der Waals surface area contributed by atoms with Gasteiger partial charge in [0.2, 0.25) is 5.12 Å². The zero-order valence-corrected chi connectivity index (χ0v) is 13.7. The molecule has 0 radical (unpaired) electrons. The van der Waals surface area contributed by atoms with Gasteiger partial charge in [-0.05, 0) is 52.9 Å². The van der Waals surface area contributed by atoms with Gasteiger partial charge in [-0.15, -0.1) is 0 Å². The Labute approximate surface area is 134 Å². The van der Waals surface area contributed by atoms with E-state index in [1.165, 1.54) is 6.07 Å². The highest BCUT2D eigenvalue weighted by Crippen LogP contribution is 2.24. The third-order valence-electron chi connectivity index (χ3n) is 3.58. The molecule has 0 bridgehead atoms. The summed E-state index contributed by atoms with van der Waals surface area (Å²) in [5.74, 6) is 0.706. The Morgan fingerprint density at radius 2 is 2.05 bits per heavy atom. The van der Waals surface area contributed by atoms with Crippen LogP contribution < -0.4 is 0 Å². The van der Waals surface area contributed by atoms with Crippen LogP contribution in [0.5, 0.6) is 0 Å². The van der Waals surface area contributed by atoms with Gasteiger partial charge in [-0.1, -0.05) is 0 Å². The highest BCUT2D eigenvalue weighted by molar-refractivity contribution is 9.10. The van der Waals surface area contributed by atoms with Crippen LogP contribution in [-0.4, -0.2) is 20.9 Å². The zero-order valence-electron chi connectivity index (χ0n) is 11.3. The second kappa shape index (κ2) is 7.10. The van der Waals surface area contributed by atoms with E-state index in [0.29, 0.717) is 47.0 Å². The lowest BCUT2D eigenvalue weighted by molar-refractivity contribution is -0.120. The van der Waals surface area contributed by atoms with E-state index in [0.717, 1.165) is 0 Å². The summed E-state index contributed by atoms with van der Waals surface area (Å²) in [6.45, 7) is 0. The number of nitriles is 1. The molecule has 0 aliphatic heterocycles. The minimum Gasteiger partial charge on any atom is -0.300 e. The van der Waals surface area contributed by atoms with Crippen molar-refractivity contribution in [2.75, 3.05) is 5.75 Å². The van der Waals surface area contributed by atoms with Gasteiger partial charge in [-0.3, -0.25) is 13.8 Å². The first-order valence-corrected chi connectivity index (χ1v) is 8.76. The summed E-state index contributed by atoms with van der Waals surface area (Å²) >= 11 is 3.22. The molecule has 6 heteroatoms. The summed E-state index contributed by atoms with van der Waals surface area (Å²) < 4.78 is 12.8. The average molecular weight is 368 g/mol. The summed E-state index contributed by atoms with van der Waals surface area (Å²) in [7, 11) is -1.62. The zero-order chi connectivity index (χ0) is 15.4. The molecular formula is C15H14BrNO3S. The Morgan fingerprint density at radius 3 is 2.67 bits per heavy atom.